The number of nitrogens with zero attached hydrogens (tertiary/aromatic N) is 3. The molecular weight excluding hydrogens is 358 g/mol. The maximum absolute atomic E-state index is 12.2. The summed E-state index contributed by atoms with van der Waals surface area (Å²) in [6.45, 7) is 0. The number of urea groups is 1. The summed E-state index contributed by atoms with van der Waals surface area (Å²) in [5.74, 6) is 0.0324. The van der Waals surface area contributed by atoms with Crippen molar-refractivity contribution in [2.75, 3.05) is 17.8 Å². The van der Waals surface area contributed by atoms with E-state index in [0.29, 0.717) is 23.2 Å². The van der Waals surface area contributed by atoms with Gasteiger partial charge < -0.3 is 0 Å². The highest BCUT2D eigenvalue weighted by atomic mass is 32.2. The minimum absolute atomic E-state index is 0.0324. The summed E-state index contributed by atoms with van der Waals surface area (Å²) in [5.41, 5.74) is 0. The first-order chi connectivity index (χ1) is 10.9. The van der Waals surface area contributed by atoms with Crippen LogP contribution in [0.5, 0.6) is 0 Å². The number of rotatable bonds is 5. The Morgan fingerprint density at radius 3 is 2.13 bits per heavy atom. The average molecular weight is 378 g/mol. The molecule has 1 aliphatic rings. The zero-order valence-electron chi connectivity index (χ0n) is 12.9. The van der Waals surface area contributed by atoms with Crippen molar-refractivity contribution in [3.8, 4) is 0 Å². The molecule has 1 fully saturated rings. The molecule has 0 atom stereocenters. The molecule has 2 N–H and O–H groups in total. The molecule has 0 aliphatic heterocycles. The summed E-state index contributed by atoms with van der Waals surface area (Å²) < 4.78 is 26.5. The van der Waals surface area contributed by atoms with Gasteiger partial charge in [0.25, 0.3) is 0 Å². The molecule has 0 saturated heterocycles. The Kier molecular flexibility index (Phi) is 6.48. The molecule has 1 aromatic heterocycles. The van der Waals surface area contributed by atoms with Crippen molar-refractivity contribution in [1.29, 1.82) is 0 Å². The van der Waals surface area contributed by atoms with E-state index in [9.17, 15) is 13.2 Å². The summed E-state index contributed by atoms with van der Waals surface area (Å²) in [7, 11) is -3.68. The third kappa shape index (κ3) is 5.21. The average Bonchev–Trinajstić information content (AvgIpc) is 2.54. The van der Waals surface area contributed by atoms with Gasteiger partial charge >= 0.3 is 6.03 Å². The predicted molar refractivity (Wildman–Crippen MR) is 91.3 cm³/mol. The number of thioether (sulfide) groups is 2. The van der Waals surface area contributed by atoms with Gasteiger partial charge in [-0.2, -0.15) is 15.0 Å². The quantitative estimate of drug-likeness (QED) is 0.750. The van der Waals surface area contributed by atoms with Gasteiger partial charge in [-0.25, -0.2) is 17.9 Å². The van der Waals surface area contributed by atoms with Crippen LogP contribution in [-0.2, 0) is 10.0 Å². The third-order valence-corrected chi connectivity index (χ3v) is 6.33. The van der Waals surface area contributed by atoms with Gasteiger partial charge in [-0.05, 0) is 25.4 Å². The Labute approximate surface area is 144 Å². The zero-order valence-corrected chi connectivity index (χ0v) is 15.4. The molecule has 23 heavy (non-hydrogen) atoms. The summed E-state index contributed by atoms with van der Waals surface area (Å²) >= 11 is 2.62. The van der Waals surface area contributed by atoms with Crippen molar-refractivity contribution >= 4 is 45.5 Å². The van der Waals surface area contributed by atoms with E-state index in [1.807, 2.05) is 0 Å². The van der Waals surface area contributed by atoms with Gasteiger partial charge in [-0.3, -0.25) is 5.32 Å². The SMILES string of the molecule is CSc1nc(NC(=O)NS(=O)(=O)C2CCCCC2)nc(SC)n1. The number of sulfonamides is 1. The minimum atomic E-state index is -3.68. The number of hydrogen-bond acceptors (Lipinski definition) is 8. The molecule has 128 valence electrons. The van der Waals surface area contributed by atoms with Crippen molar-refractivity contribution < 1.29 is 13.2 Å². The summed E-state index contributed by atoms with van der Waals surface area (Å²) in [6.07, 6.45) is 7.55. The standard InChI is InChI=1S/C12H19N5O3S3/c1-21-11-14-9(15-12(16-11)22-2)13-10(18)17-23(19,20)8-6-4-3-5-7-8/h8H,3-7H2,1-2H3,(H2,13,14,15,16,17,18). The lowest BCUT2D eigenvalue weighted by Gasteiger charge is -2.21. The molecule has 2 rings (SSSR count). The molecule has 0 unspecified atom stereocenters. The highest BCUT2D eigenvalue weighted by molar-refractivity contribution is 7.99. The lowest BCUT2D eigenvalue weighted by molar-refractivity contribution is 0.256. The number of hydrogen-bond donors (Lipinski definition) is 2. The second-order valence-electron chi connectivity index (χ2n) is 4.99. The molecule has 8 nitrogen and oxygen atoms in total. The number of carbonyl (C=O) groups excluding carboxylic acids is 1. The Bertz CT molecular complexity index is 640. The molecular formula is C12H19N5O3S3. The van der Waals surface area contributed by atoms with E-state index in [4.69, 9.17) is 0 Å². The van der Waals surface area contributed by atoms with E-state index in [-0.39, 0.29) is 5.95 Å². The van der Waals surface area contributed by atoms with Crippen LogP contribution >= 0.6 is 23.5 Å². The van der Waals surface area contributed by atoms with E-state index in [2.05, 4.69) is 25.0 Å². The molecule has 11 heteroatoms. The lowest BCUT2D eigenvalue weighted by atomic mass is 10.0. The van der Waals surface area contributed by atoms with Crippen LogP contribution in [0.4, 0.5) is 10.7 Å². The van der Waals surface area contributed by atoms with Gasteiger partial charge in [-0.15, -0.1) is 0 Å². The van der Waals surface area contributed by atoms with E-state index in [1.165, 1.54) is 23.5 Å². The van der Waals surface area contributed by atoms with E-state index < -0.39 is 21.3 Å². The number of aromatic nitrogens is 3. The Hall–Kier alpha value is -1.07. The van der Waals surface area contributed by atoms with E-state index in [0.717, 1.165) is 19.3 Å². The molecule has 1 aliphatic carbocycles. The molecule has 0 bridgehead atoms. The van der Waals surface area contributed by atoms with Crippen LogP contribution in [0.1, 0.15) is 32.1 Å². The second-order valence-corrected chi connectivity index (χ2v) is 8.50. The van der Waals surface area contributed by atoms with Crippen molar-refractivity contribution in [3.05, 3.63) is 0 Å². The van der Waals surface area contributed by atoms with E-state index >= 15 is 0 Å². The number of nitrogens with one attached hydrogen (secondary N) is 2. The van der Waals surface area contributed by atoms with Gasteiger partial charge in [0.2, 0.25) is 16.0 Å². The first-order valence-corrected chi connectivity index (χ1v) is 11.1. The summed E-state index contributed by atoms with van der Waals surface area (Å²) in [6, 6.07) is -0.846. The van der Waals surface area contributed by atoms with Crippen LogP contribution in [0.25, 0.3) is 0 Å². The number of carbonyl (C=O) groups is 1. The predicted octanol–water partition coefficient (Wildman–Crippen LogP) is 2.10. The molecule has 1 saturated carbocycles. The van der Waals surface area contributed by atoms with Crippen molar-refractivity contribution in [3.63, 3.8) is 0 Å². The molecule has 2 amide bonds. The van der Waals surface area contributed by atoms with Crippen molar-refractivity contribution in [2.24, 2.45) is 0 Å². The highest BCUT2D eigenvalue weighted by Crippen LogP contribution is 2.23. The fourth-order valence-electron chi connectivity index (χ4n) is 2.29. The Morgan fingerprint density at radius 1 is 1.04 bits per heavy atom. The molecule has 1 aromatic rings. The fourth-order valence-corrected chi connectivity index (χ4v) is 4.49. The maximum Gasteiger partial charge on any atom is 0.335 e. The van der Waals surface area contributed by atoms with Gasteiger partial charge in [0, 0.05) is 0 Å². The normalized spacial score (nSPS) is 16.1. The smallest absolute Gasteiger partial charge is 0.275 e. The lowest BCUT2D eigenvalue weighted by Crippen LogP contribution is -2.41. The third-order valence-electron chi connectivity index (χ3n) is 3.41. The topological polar surface area (TPSA) is 114 Å². The molecule has 0 radical (unpaired) electrons. The van der Waals surface area contributed by atoms with Crippen LogP contribution in [-0.4, -0.2) is 47.2 Å². The summed E-state index contributed by atoms with van der Waals surface area (Å²) in [5, 5.41) is 2.77. The van der Waals surface area contributed by atoms with Crippen LogP contribution in [0.15, 0.2) is 10.3 Å². The molecule has 0 aromatic carbocycles. The Morgan fingerprint density at radius 2 is 1.61 bits per heavy atom. The monoisotopic (exact) mass is 377 g/mol. The van der Waals surface area contributed by atoms with Gasteiger partial charge in [0.1, 0.15) is 0 Å². The van der Waals surface area contributed by atoms with Crippen LogP contribution in [0.3, 0.4) is 0 Å². The van der Waals surface area contributed by atoms with Gasteiger partial charge in [0.05, 0.1) is 5.25 Å². The minimum Gasteiger partial charge on any atom is -0.275 e. The largest absolute Gasteiger partial charge is 0.335 e. The van der Waals surface area contributed by atoms with Crippen LogP contribution in [0.2, 0.25) is 0 Å². The van der Waals surface area contributed by atoms with Crippen molar-refractivity contribution in [2.45, 2.75) is 47.7 Å². The first-order valence-electron chi connectivity index (χ1n) is 7.11. The van der Waals surface area contributed by atoms with Crippen molar-refractivity contribution in [1.82, 2.24) is 19.7 Å². The molecule has 0 spiro atoms. The van der Waals surface area contributed by atoms with Gasteiger partial charge in [0.15, 0.2) is 10.3 Å². The highest BCUT2D eigenvalue weighted by Gasteiger charge is 2.29. The molecule has 1 heterocycles. The summed E-state index contributed by atoms with van der Waals surface area (Å²) in [4.78, 5) is 24.2. The first kappa shape index (κ1) is 18.3. The number of anilines is 1. The van der Waals surface area contributed by atoms with Gasteiger partial charge in [-0.1, -0.05) is 42.8 Å². The van der Waals surface area contributed by atoms with E-state index in [1.54, 1.807) is 12.5 Å². The number of amides is 2. The Balaban J connectivity index is 2.04. The second kappa shape index (κ2) is 8.15. The maximum atomic E-state index is 12.2. The zero-order chi connectivity index (χ0) is 16.9. The fraction of sp³-hybridized carbons (Fsp3) is 0.667. The van der Waals surface area contributed by atoms with Crippen LogP contribution < -0.4 is 10.0 Å². The van der Waals surface area contributed by atoms with Crippen LogP contribution in [0, 0.1) is 0 Å².